The Morgan fingerprint density at radius 1 is 1.05 bits per heavy atom. The Morgan fingerprint density at radius 2 is 1.52 bits per heavy atom. The SMILES string of the molecule is COc1cc(OC)c(C(=O)NC(C)(CCl)CCl)cc1OC. The summed E-state index contributed by atoms with van der Waals surface area (Å²) >= 11 is 11.7. The van der Waals surface area contributed by atoms with Gasteiger partial charge in [-0.15, -0.1) is 23.2 Å². The maximum Gasteiger partial charge on any atom is 0.255 e. The van der Waals surface area contributed by atoms with Crippen molar-refractivity contribution in [1.29, 1.82) is 0 Å². The number of benzene rings is 1. The van der Waals surface area contributed by atoms with E-state index in [1.807, 2.05) is 0 Å². The molecular formula is C14H19Cl2NO4. The summed E-state index contributed by atoms with van der Waals surface area (Å²) in [5.74, 6) is 1.31. The van der Waals surface area contributed by atoms with Gasteiger partial charge in [0.1, 0.15) is 5.75 Å². The lowest BCUT2D eigenvalue weighted by Gasteiger charge is -2.26. The normalized spacial score (nSPS) is 11.0. The minimum absolute atomic E-state index is 0.192. The van der Waals surface area contributed by atoms with Gasteiger partial charge in [0.2, 0.25) is 0 Å². The number of methoxy groups -OCH3 is 3. The number of rotatable bonds is 7. The Kier molecular flexibility index (Phi) is 6.42. The molecule has 0 aliphatic carbocycles. The molecule has 0 spiro atoms. The van der Waals surface area contributed by atoms with Crippen molar-refractivity contribution in [2.75, 3.05) is 33.1 Å². The zero-order valence-electron chi connectivity index (χ0n) is 12.5. The maximum absolute atomic E-state index is 12.4. The molecule has 7 heteroatoms. The first-order chi connectivity index (χ1) is 9.94. The zero-order valence-corrected chi connectivity index (χ0v) is 14.0. The molecule has 0 bridgehead atoms. The molecule has 0 heterocycles. The van der Waals surface area contributed by atoms with Gasteiger partial charge in [0, 0.05) is 23.9 Å². The molecule has 1 N–H and O–H groups in total. The number of amides is 1. The first-order valence-electron chi connectivity index (χ1n) is 6.19. The van der Waals surface area contributed by atoms with Gasteiger partial charge in [-0.3, -0.25) is 4.79 Å². The summed E-state index contributed by atoms with van der Waals surface area (Å²) in [6, 6.07) is 3.14. The number of ether oxygens (including phenoxy) is 3. The van der Waals surface area contributed by atoms with Gasteiger partial charge in [-0.05, 0) is 6.92 Å². The number of carbonyl (C=O) groups is 1. The Bertz CT molecular complexity index is 504. The van der Waals surface area contributed by atoms with Crippen LogP contribution in [-0.2, 0) is 0 Å². The number of alkyl halides is 2. The molecule has 1 amide bonds. The topological polar surface area (TPSA) is 56.8 Å². The maximum atomic E-state index is 12.4. The summed E-state index contributed by atoms with van der Waals surface area (Å²) < 4.78 is 15.6. The molecule has 21 heavy (non-hydrogen) atoms. The second-order valence-corrected chi connectivity index (χ2v) is 5.22. The van der Waals surface area contributed by atoms with E-state index in [2.05, 4.69) is 5.32 Å². The summed E-state index contributed by atoms with van der Waals surface area (Å²) in [5.41, 5.74) is -0.394. The predicted octanol–water partition coefficient (Wildman–Crippen LogP) is 2.68. The third kappa shape index (κ3) is 4.08. The van der Waals surface area contributed by atoms with Crippen LogP contribution in [0, 0.1) is 0 Å². The lowest BCUT2D eigenvalue weighted by Crippen LogP contribution is -2.49. The summed E-state index contributed by atoms with van der Waals surface area (Å²) in [5, 5.41) is 2.79. The molecule has 0 atom stereocenters. The van der Waals surface area contributed by atoms with Crippen LogP contribution in [0.2, 0.25) is 0 Å². The minimum Gasteiger partial charge on any atom is -0.496 e. The monoisotopic (exact) mass is 335 g/mol. The Morgan fingerprint density at radius 3 is 1.95 bits per heavy atom. The van der Waals surface area contributed by atoms with Crippen LogP contribution in [-0.4, -0.2) is 44.5 Å². The van der Waals surface area contributed by atoms with Gasteiger partial charge in [0.05, 0.1) is 32.4 Å². The van der Waals surface area contributed by atoms with Crippen molar-refractivity contribution in [2.24, 2.45) is 0 Å². The zero-order chi connectivity index (χ0) is 16.0. The highest BCUT2D eigenvalue weighted by Gasteiger charge is 2.27. The summed E-state index contributed by atoms with van der Waals surface area (Å²) in [7, 11) is 4.48. The van der Waals surface area contributed by atoms with Crippen molar-refractivity contribution >= 4 is 29.1 Å². The molecule has 5 nitrogen and oxygen atoms in total. The van der Waals surface area contributed by atoms with Crippen molar-refractivity contribution in [1.82, 2.24) is 5.32 Å². The van der Waals surface area contributed by atoms with Crippen LogP contribution in [0.4, 0.5) is 0 Å². The highest BCUT2D eigenvalue weighted by molar-refractivity contribution is 6.22. The van der Waals surface area contributed by atoms with Gasteiger partial charge >= 0.3 is 0 Å². The number of hydrogen-bond acceptors (Lipinski definition) is 4. The van der Waals surface area contributed by atoms with Gasteiger partial charge in [-0.25, -0.2) is 0 Å². The van der Waals surface area contributed by atoms with Crippen LogP contribution in [0.3, 0.4) is 0 Å². The average Bonchev–Trinajstić information content (AvgIpc) is 2.52. The number of nitrogens with one attached hydrogen (secondary N) is 1. The lowest BCUT2D eigenvalue weighted by atomic mass is 10.1. The van der Waals surface area contributed by atoms with E-state index in [1.54, 1.807) is 19.1 Å². The van der Waals surface area contributed by atoms with Crippen LogP contribution in [0.15, 0.2) is 12.1 Å². The fourth-order valence-electron chi connectivity index (χ4n) is 1.65. The third-order valence-corrected chi connectivity index (χ3v) is 4.14. The standard InChI is InChI=1S/C14H19Cl2NO4/c1-14(7-15,8-16)17-13(18)9-5-11(20-3)12(21-4)6-10(9)19-2/h5-6H,7-8H2,1-4H3,(H,17,18). The summed E-state index contributed by atoms with van der Waals surface area (Å²) in [4.78, 5) is 12.4. The molecule has 0 aliphatic heterocycles. The van der Waals surface area contributed by atoms with E-state index >= 15 is 0 Å². The largest absolute Gasteiger partial charge is 0.496 e. The highest BCUT2D eigenvalue weighted by atomic mass is 35.5. The minimum atomic E-state index is -0.710. The molecule has 0 saturated carbocycles. The number of hydrogen-bond donors (Lipinski definition) is 1. The van der Waals surface area contributed by atoms with E-state index in [1.165, 1.54) is 21.3 Å². The van der Waals surface area contributed by atoms with Crippen LogP contribution in [0.5, 0.6) is 17.2 Å². The van der Waals surface area contributed by atoms with Crippen molar-refractivity contribution in [3.8, 4) is 17.2 Å². The molecule has 118 valence electrons. The summed E-state index contributed by atoms with van der Waals surface area (Å²) in [6.07, 6.45) is 0. The predicted molar refractivity (Wildman–Crippen MR) is 83.4 cm³/mol. The highest BCUT2D eigenvalue weighted by Crippen LogP contribution is 2.34. The van der Waals surface area contributed by atoms with E-state index in [-0.39, 0.29) is 17.7 Å². The second-order valence-electron chi connectivity index (χ2n) is 4.69. The fourth-order valence-corrected chi connectivity index (χ4v) is 2.07. The fraction of sp³-hybridized carbons (Fsp3) is 0.500. The third-order valence-electron chi connectivity index (χ3n) is 2.96. The smallest absolute Gasteiger partial charge is 0.255 e. The van der Waals surface area contributed by atoms with Crippen LogP contribution in [0.25, 0.3) is 0 Å². The second kappa shape index (κ2) is 7.61. The van der Waals surface area contributed by atoms with Gasteiger partial charge < -0.3 is 19.5 Å². The average molecular weight is 336 g/mol. The van der Waals surface area contributed by atoms with Gasteiger partial charge in [0.15, 0.2) is 11.5 Å². The van der Waals surface area contributed by atoms with E-state index in [0.717, 1.165) is 0 Å². The molecule has 1 aromatic rings. The van der Waals surface area contributed by atoms with Gasteiger partial charge in [-0.1, -0.05) is 0 Å². The molecule has 0 aliphatic rings. The van der Waals surface area contributed by atoms with Crippen molar-refractivity contribution in [2.45, 2.75) is 12.5 Å². The van der Waals surface area contributed by atoms with Gasteiger partial charge in [-0.2, -0.15) is 0 Å². The van der Waals surface area contributed by atoms with Crippen LogP contribution in [0.1, 0.15) is 17.3 Å². The Balaban J connectivity index is 3.19. The van der Waals surface area contributed by atoms with Gasteiger partial charge in [0.25, 0.3) is 5.91 Å². The van der Waals surface area contributed by atoms with Crippen molar-refractivity contribution < 1.29 is 19.0 Å². The Hall–Kier alpha value is -1.33. The molecule has 1 aromatic carbocycles. The summed E-state index contributed by atoms with van der Waals surface area (Å²) in [6.45, 7) is 1.76. The van der Waals surface area contributed by atoms with Crippen LogP contribution < -0.4 is 19.5 Å². The van der Waals surface area contributed by atoms with Crippen molar-refractivity contribution in [3.63, 3.8) is 0 Å². The van der Waals surface area contributed by atoms with E-state index in [9.17, 15) is 4.79 Å². The molecule has 1 rings (SSSR count). The quantitative estimate of drug-likeness (QED) is 0.778. The molecule has 0 fully saturated rings. The molecule has 0 aromatic heterocycles. The van der Waals surface area contributed by atoms with Crippen molar-refractivity contribution in [3.05, 3.63) is 17.7 Å². The Labute approximate surface area is 134 Å². The molecule has 0 saturated heterocycles. The first-order valence-corrected chi connectivity index (χ1v) is 7.26. The van der Waals surface area contributed by atoms with E-state index in [4.69, 9.17) is 37.4 Å². The van der Waals surface area contributed by atoms with Crippen LogP contribution >= 0.6 is 23.2 Å². The first kappa shape index (κ1) is 17.7. The molecular weight excluding hydrogens is 317 g/mol. The van der Waals surface area contributed by atoms with E-state index < -0.39 is 5.54 Å². The lowest BCUT2D eigenvalue weighted by molar-refractivity contribution is 0.0918. The number of carbonyl (C=O) groups excluding carboxylic acids is 1. The molecule has 0 unspecified atom stereocenters. The number of halogens is 2. The molecule has 0 radical (unpaired) electrons. The van der Waals surface area contributed by atoms with E-state index in [0.29, 0.717) is 22.8 Å².